The zero-order valence-corrected chi connectivity index (χ0v) is 26.3. The summed E-state index contributed by atoms with van der Waals surface area (Å²) in [5.41, 5.74) is -4.95. The summed E-state index contributed by atoms with van der Waals surface area (Å²) in [6.07, 6.45) is 0. The molecule has 0 saturated carbocycles. The van der Waals surface area contributed by atoms with Gasteiger partial charge in [0.1, 0.15) is 0 Å². The van der Waals surface area contributed by atoms with E-state index in [0.717, 1.165) is 0 Å². The normalized spacial score (nSPS) is 23.5. The minimum Gasteiger partial charge on any atom is -0.399 e. The Hall–Kier alpha value is -4.68. The van der Waals surface area contributed by atoms with Gasteiger partial charge in [0.15, 0.2) is 8.07 Å². The van der Waals surface area contributed by atoms with Crippen molar-refractivity contribution < 1.29 is 44.9 Å². The third-order valence-corrected chi connectivity index (χ3v) is 12.5. The van der Waals surface area contributed by atoms with Crippen molar-refractivity contribution in [2.24, 2.45) is 0 Å². The number of nitrogens with zero attached hydrogens (tertiary/aromatic N) is 1. The molecule has 1 fully saturated rings. The molecule has 5 heteroatoms. The lowest BCUT2D eigenvalue weighted by atomic mass is 9.78. The van der Waals surface area contributed by atoms with E-state index in [4.69, 9.17) is 24.4 Å². The Kier molecular flexibility index (Phi) is 3.05. The monoisotopic (exact) mass is 653 g/mol. The molecule has 3 nitrogen and oxygen atoms in total. The second kappa shape index (κ2) is 11.2. The molecule has 7 aromatic rings. The topological polar surface area (TPSA) is 23.4 Å². The van der Waals surface area contributed by atoms with Gasteiger partial charge in [0, 0.05) is 16.5 Å². The van der Waals surface area contributed by atoms with Crippen LogP contribution in [0.25, 0.3) is 27.5 Å². The Labute approximate surface area is 315 Å². The quantitative estimate of drug-likeness (QED) is 0.152. The SMILES string of the molecule is [2H]c1c([2H])c([2H])c([Si](c2c([2H])c([2H])c([2H])c([2H])c2[2H])(c2c([2H])c([2H])c([2H])c([2H])c2[2H])c2c([2H])c([2H])c([2H])c(-n3c4c([2H])c([2H])c([2H])c([2H])c4c4c([2H])c(B5OC(C)(C)C(C)(C)O5)c([2H])c([2H])c43)c2[2H])c([2H])c1[2H]. The molecular formula is C42H38BNO2Si. The lowest BCUT2D eigenvalue weighted by Crippen LogP contribution is -2.74. The van der Waals surface area contributed by atoms with Crippen LogP contribution in [-0.2, 0) is 9.31 Å². The number of aromatic nitrogens is 1. The van der Waals surface area contributed by atoms with Gasteiger partial charge in [0.2, 0.25) is 0 Å². The Morgan fingerprint density at radius 3 is 1.57 bits per heavy atom. The molecule has 0 atom stereocenters. The summed E-state index contributed by atoms with van der Waals surface area (Å²) < 4.78 is 252. The molecule has 47 heavy (non-hydrogen) atoms. The van der Waals surface area contributed by atoms with Crippen LogP contribution >= 0.6 is 0 Å². The van der Waals surface area contributed by atoms with Crippen LogP contribution in [0.1, 0.15) is 63.3 Å². The highest BCUT2D eigenvalue weighted by atomic mass is 28.3. The molecule has 0 bridgehead atoms. The molecule has 2 heterocycles. The second-order valence-corrected chi connectivity index (χ2v) is 15.1. The van der Waals surface area contributed by atoms with E-state index in [1.807, 2.05) is 0 Å². The molecule has 0 unspecified atom stereocenters. The van der Waals surface area contributed by atoms with E-state index >= 15 is 0 Å². The van der Waals surface area contributed by atoms with Crippen LogP contribution < -0.4 is 26.2 Å². The summed E-state index contributed by atoms with van der Waals surface area (Å²) in [5, 5.41) is -5.59. The molecule has 6 aromatic carbocycles. The smallest absolute Gasteiger partial charge is 0.399 e. The Bertz CT molecular complexity index is 3420. The number of fused-ring (bicyclic) bond motifs is 3. The lowest BCUT2D eigenvalue weighted by molar-refractivity contribution is 0.00578. The first-order valence-electron chi connectivity index (χ1n) is 27.3. The van der Waals surface area contributed by atoms with Gasteiger partial charge in [-0.2, -0.15) is 0 Å². The first-order valence-corrected chi connectivity index (χ1v) is 16.3. The third-order valence-electron chi connectivity index (χ3n) is 8.50. The second-order valence-electron chi connectivity index (χ2n) is 11.6. The average molecular weight is 654 g/mol. The van der Waals surface area contributed by atoms with Gasteiger partial charge < -0.3 is 13.9 Å². The van der Waals surface area contributed by atoms with Crippen LogP contribution in [0.2, 0.25) is 0 Å². The summed E-state index contributed by atoms with van der Waals surface area (Å²) in [5.74, 6) is 0. The molecule has 0 amide bonds. The molecular weight excluding hydrogens is 589 g/mol. The van der Waals surface area contributed by atoms with Crippen molar-refractivity contribution in [3.05, 3.63) is 157 Å². The van der Waals surface area contributed by atoms with Crippen molar-refractivity contribution in [3.63, 3.8) is 0 Å². The standard InChI is InChI=1S/C42H38BNO2Si/c1-41(2)42(3,4)46-43(45-41)31-27-28-40-38(29-31)37-25-14-15-26-39(37)44(40)32-17-16-24-36(30-32)47(33-18-8-5-9-19-33,34-20-10-6-11-21-34)35-22-12-7-13-23-35/h5-30H,1-4H3/i5D,6D,7D,8D,9D,10D,11D,12D,13D,14D,15D,16D,17D,18D,19D,20D,21D,22D,23D,24D,25D,26D,27D,28D,29D,30D. The summed E-state index contributed by atoms with van der Waals surface area (Å²) in [7, 11) is -7.90. The van der Waals surface area contributed by atoms with Gasteiger partial charge in [-0.15, -0.1) is 0 Å². The molecule has 0 N–H and O–H groups in total. The first-order chi connectivity index (χ1) is 33.6. The van der Waals surface area contributed by atoms with Gasteiger partial charge in [0.05, 0.1) is 57.9 Å². The van der Waals surface area contributed by atoms with Gasteiger partial charge in [0.25, 0.3) is 0 Å². The van der Waals surface area contributed by atoms with Gasteiger partial charge in [-0.05, 0) is 78.1 Å². The highest BCUT2D eigenvalue weighted by Gasteiger charge is 2.51. The van der Waals surface area contributed by atoms with Crippen molar-refractivity contribution in [1.29, 1.82) is 0 Å². The van der Waals surface area contributed by atoms with E-state index in [2.05, 4.69) is 0 Å². The molecule has 0 aliphatic carbocycles. The maximum Gasteiger partial charge on any atom is 0.494 e. The minimum absolute atomic E-state index is 0.377. The van der Waals surface area contributed by atoms with Crippen molar-refractivity contribution >= 4 is 63.2 Å². The van der Waals surface area contributed by atoms with E-state index in [1.54, 1.807) is 27.7 Å². The Balaban J connectivity index is 1.76. The van der Waals surface area contributed by atoms with Crippen molar-refractivity contribution in [2.75, 3.05) is 0 Å². The number of hydrogen-bond acceptors (Lipinski definition) is 2. The Morgan fingerprint density at radius 2 is 1.00 bits per heavy atom. The predicted molar refractivity (Wildman–Crippen MR) is 200 cm³/mol. The van der Waals surface area contributed by atoms with Gasteiger partial charge >= 0.3 is 7.12 Å². The first kappa shape index (κ1) is 12.7. The van der Waals surface area contributed by atoms with Crippen LogP contribution in [0.5, 0.6) is 0 Å². The molecule has 1 aliphatic rings. The van der Waals surface area contributed by atoms with E-state index in [9.17, 15) is 20.6 Å². The van der Waals surface area contributed by atoms with Gasteiger partial charge in [-0.3, -0.25) is 0 Å². The molecule has 0 spiro atoms. The highest BCUT2D eigenvalue weighted by Crippen LogP contribution is 2.37. The maximum absolute atomic E-state index is 10.3. The molecule has 1 aromatic heterocycles. The van der Waals surface area contributed by atoms with Crippen LogP contribution in [0.15, 0.2) is 157 Å². The Morgan fingerprint density at radius 1 is 0.511 bits per heavy atom. The molecule has 1 aliphatic heterocycles. The summed E-state index contributed by atoms with van der Waals surface area (Å²) in [6, 6.07) is -28.8. The predicted octanol–water partition coefficient (Wildman–Crippen LogP) is 6.46. The minimum atomic E-state index is -6.37. The zero-order valence-electron chi connectivity index (χ0n) is 51.3. The number of rotatable bonds is 6. The largest absolute Gasteiger partial charge is 0.494 e. The number of hydrogen-bond donors (Lipinski definition) is 0. The molecule has 230 valence electrons. The lowest BCUT2D eigenvalue weighted by Gasteiger charge is -2.34. The van der Waals surface area contributed by atoms with E-state index in [1.165, 1.54) is 0 Å². The fourth-order valence-corrected chi connectivity index (χ4v) is 9.08. The average Bonchev–Trinajstić information content (AvgIpc) is 3.79. The number of benzene rings is 6. The fourth-order valence-electron chi connectivity index (χ4n) is 5.53. The van der Waals surface area contributed by atoms with Crippen LogP contribution in [-0.4, -0.2) is 31.0 Å². The number of para-hydroxylation sites is 1. The van der Waals surface area contributed by atoms with Crippen molar-refractivity contribution in [1.82, 2.24) is 4.57 Å². The molecule has 0 radical (unpaired) electrons. The molecule has 8 rings (SSSR count). The van der Waals surface area contributed by atoms with Crippen LogP contribution in [0, 0.1) is 0 Å². The molecule has 1 saturated heterocycles. The van der Waals surface area contributed by atoms with Crippen molar-refractivity contribution in [3.8, 4) is 5.69 Å². The van der Waals surface area contributed by atoms with Gasteiger partial charge in [-0.25, -0.2) is 0 Å². The van der Waals surface area contributed by atoms with E-state index in [-0.39, 0.29) is 5.46 Å². The van der Waals surface area contributed by atoms with Gasteiger partial charge in [-0.1, -0.05) is 133 Å². The highest BCUT2D eigenvalue weighted by molar-refractivity contribution is 7.19. The summed E-state index contributed by atoms with van der Waals surface area (Å²) in [6.45, 7) is 6.68. The summed E-state index contributed by atoms with van der Waals surface area (Å²) in [4.78, 5) is 0. The maximum atomic E-state index is 10.3. The fraction of sp³-hybridized carbons (Fsp3) is 0.143. The van der Waals surface area contributed by atoms with Crippen molar-refractivity contribution in [2.45, 2.75) is 38.9 Å². The van der Waals surface area contributed by atoms with Crippen LogP contribution in [0.3, 0.4) is 0 Å². The zero-order chi connectivity index (χ0) is 54.9. The van der Waals surface area contributed by atoms with E-state index < -0.39 is 232 Å². The third kappa shape index (κ3) is 4.72. The van der Waals surface area contributed by atoms with Crippen LogP contribution in [0.4, 0.5) is 0 Å². The van der Waals surface area contributed by atoms with E-state index in [0.29, 0.717) is 4.57 Å². The summed E-state index contributed by atoms with van der Waals surface area (Å²) >= 11 is 0.